The molecule has 3 aromatic heterocycles. The van der Waals surface area contributed by atoms with Crippen molar-refractivity contribution in [2.45, 2.75) is 32.4 Å². The molecule has 1 aliphatic rings. The van der Waals surface area contributed by atoms with Gasteiger partial charge in [-0.1, -0.05) is 0 Å². The maximum atomic E-state index is 5.85. The molecule has 0 aliphatic carbocycles. The zero-order valence-electron chi connectivity index (χ0n) is 12.4. The highest BCUT2D eigenvalue weighted by atomic mass is 16.5. The summed E-state index contributed by atoms with van der Waals surface area (Å²) in [4.78, 5) is 13.2. The molecule has 1 saturated heterocycles. The summed E-state index contributed by atoms with van der Waals surface area (Å²) in [6.45, 7) is 2.72. The minimum absolute atomic E-state index is 0.0186. The summed E-state index contributed by atoms with van der Waals surface area (Å²) < 4.78 is 7.81. The van der Waals surface area contributed by atoms with E-state index in [0.717, 1.165) is 47.4 Å². The van der Waals surface area contributed by atoms with Crippen molar-refractivity contribution in [1.82, 2.24) is 24.7 Å². The molecular weight excluding hydrogens is 278 g/mol. The number of hydrogen-bond donors (Lipinski definition) is 0. The summed E-state index contributed by atoms with van der Waals surface area (Å²) >= 11 is 0. The molecule has 22 heavy (non-hydrogen) atoms. The molecular formula is C16H17N5O. The van der Waals surface area contributed by atoms with Gasteiger partial charge in [-0.25, -0.2) is 9.67 Å². The lowest BCUT2D eigenvalue weighted by Crippen LogP contribution is -2.18. The first-order valence-electron chi connectivity index (χ1n) is 7.55. The van der Waals surface area contributed by atoms with Gasteiger partial charge in [0.05, 0.1) is 29.3 Å². The second-order valence-corrected chi connectivity index (χ2v) is 5.58. The van der Waals surface area contributed by atoms with Crippen molar-refractivity contribution in [2.24, 2.45) is 0 Å². The van der Waals surface area contributed by atoms with E-state index in [0.29, 0.717) is 0 Å². The molecule has 0 radical (unpaired) electrons. The van der Waals surface area contributed by atoms with Crippen LogP contribution in [-0.4, -0.2) is 31.3 Å². The average molecular weight is 295 g/mol. The lowest BCUT2D eigenvalue weighted by atomic mass is 10.2. The number of pyridine rings is 1. The Labute approximate surface area is 128 Å². The van der Waals surface area contributed by atoms with Gasteiger partial charge in [-0.05, 0) is 32.3 Å². The number of rotatable bonds is 2. The topological polar surface area (TPSA) is 65.7 Å². The Morgan fingerprint density at radius 3 is 2.91 bits per heavy atom. The molecule has 1 unspecified atom stereocenters. The summed E-state index contributed by atoms with van der Waals surface area (Å²) in [6.07, 6.45) is 10.5. The third-order valence-corrected chi connectivity index (χ3v) is 3.93. The van der Waals surface area contributed by atoms with Gasteiger partial charge in [0.2, 0.25) is 0 Å². The fourth-order valence-corrected chi connectivity index (χ4v) is 2.81. The van der Waals surface area contributed by atoms with E-state index in [9.17, 15) is 0 Å². The average Bonchev–Trinajstić information content (AvgIpc) is 2.99. The quantitative estimate of drug-likeness (QED) is 0.727. The second kappa shape index (κ2) is 5.46. The van der Waals surface area contributed by atoms with Crippen LogP contribution in [0.1, 0.15) is 31.2 Å². The fraction of sp³-hybridized carbons (Fsp3) is 0.375. The molecule has 0 saturated carbocycles. The third-order valence-electron chi connectivity index (χ3n) is 3.93. The Hall–Kier alpha value is -2.34. The molecule has 1 atom stereocenters. The van der Waals surface area contributed by atoms with E-state index in [1.54, 1.807) is 12.4 Å². The standard InChI is InChI=1S/C16H17N5O/c1-11-7-17-10-14(20-11)13-6-15-12(8-18-13)9-19-21(15)16-4-2-3-5-22-16/h6-10,16H,2-5H2,1H3. The van der Waals surface area contributed by atoms with Crippen molar-refractivity contribution in [2.75, 3.05) is 6.61 Å². The van der Waals surface area contributed by atoms with Crippen molar-refractivity contribution in [3.63, 3.8) is 0 Å². The van der Waals surface area contributed by atoms with Crippen LogP contribution in [-0.2, 0) is 4.74 Å². The van der Waals surface area contributed by atoms with E-state index < -0.39 is 0 Å². The Morgan fingerprint density at radius 1 is 1.14 bits per heavy atom. The van der Waals surface area contributed by atoms with Crippen LogP contribution in [0.15, 0.2) is 30.9 Å². The number of ether oxygens (including phenoxy) is 1. The normalized spacial score (nSPS) is 18.7. The predicted molar refractivity (Wildman–Crippen MR) is 82.1 cm³/mol. The van der Waals surface area contributed by atoms with Crippen molar-refractivity contribution in [1.29, 1.82) is 0 Å². The first-order chi connectivity index (χ1) is 10.8. The monoisotopic (exact) mass is 295 g/mol. The van der Waals surface area contributed by atoms with Gasteiger partial charge < -0.3 is 4.74 Å². The van der Waals surface area contributed by atoms with E-state index in [2.05, 4.69) is 20.1 Å². The summed E-state index contributed by atoms with van der Waals surface area (Å²) in [5.74, 6) is 0. The zero-order chi connectivity index (χ0) is 14.9. The molecule has 112 valence electrons. The minimum atomic E-state index is 0.0186. The van der Waals surface area contributed by atoms with Gasteiger partial charge >= 0.3 is 0 Å². The lowest BCUT2D eigenvalue weighted by molar-refractivity contribution is -0.0366. The molecule has 0 aromatic carbocycles. The zero-order valence-corrected chi connectivity index (χ0v) is 12.4. The van der Waals surface area contributed by atoms with Gasteiger partial charge in [0, 0.05) is 24.4 Å². The number of aryl methyl sites for hydroxylation is 1. The fourth-order valence-electron chi connectivity index (χ4n) is 2.81. The number of nitrogens with zero attached hydrogens (tertiary/aromatic N) is 5. The number of aromatic nitrogens is 5. The number of hydrogen-bond acceptors (Lipinski definition) is 5. The smallest absolute Gasteiger partial charge is 0.150 e. The second-order valence-electron chi connectivity index (χ2n) is 5.58. The van der Waals surface area contributed by atoms with Crippen LogP contribution in [0.3, 0.4) is 0 Å². The molecule has 1 aliphatic heterocycles. The van der Waals surface area contributed by atoms with E-state index in [1.165, 1.54) is 6.42 Å². The molecule has 6 nitrogen and oxygen atoms in total. The highest BCUT2D eigenvalue weighted by Gasteiger charge is 2.19. The molecule has 3 aromatic rings. The largest absolute Gasteiger partial charge is 0.356 e. The Balaban J connectivity index is 1.79. The van der Waals surface area contributed by atoms with Crippen molar-refractivity contribution in [3.05, 3.63) is 36.5 Å². The van der Waals surface area contributed by atoms with Crippen LogP contribution in [0.25, 0.3) is 22.3 Å². The number of fused-ring (bicyclic) bond motifs is 1. The van der Waals surface area contributed by atoms with Crippen molar-refractivity contribution < 1.29 is 4.74 Å². The third kappa shape index (κ3) is 2.35. The SMILES string of the molecule is Cc1cncc(-c2cc3c(cn2)cnn3C2CCCCO2)n1. The molecule has 4 heterocycles. The van der Waals surface area contributed by atoms with Gasteiger partial charge in [-0.15, -0.1) is 0 Å². The van der Waals surface area contributed by atoms with E-state index >= 15 is 0 Å². The maximum absolute atomic E-state index is 5.85. The van der Waals surface area contributed by atoms with Gasteiger partial charge in [0.15, 0.2) is 6.23 Å². The molecule has 6 heteroatoms. The van der Waals surface area contributed by atoms with Gasteiger partial charge in [0.25, 0.3) is 0 Å². The van der Waals surface area contributed by atoms with Crippen LogP contribution in [0.5, 0.6) is 0 Å². The van der Waals surface area contributed by atoms with Gasteiger partial charge in [0.1, 0.15) is 5.69 Å². The molecule has 0 bridgehead atoms. The Bertz CT molecular complexity index is 807. The van der Waals surface area contributed by atoms with Crippen molar-refractivity contribution in [3.8, 4) is 11.4 Å². The van der Waals surface area contributed by atoms with E-state index in [4.69, 9.17) is 4.74 Å². The van der Waals surface area contributed by atoms with Crippen molar-refractivity contribution >= 4 is 10.9 Å². The Kier molecular flexibility index (Phi) is 3.31. The molecule has 1 fully saturated rings. The maximum Gasteiger partial charge on any atom is 0.150 e. The van der Waals surface area contributed by atoms with Crippen LogP contribution >= 0.6 is 0 Å². The Morgan fingerprint density at radius 2 is 2.09 bits per heavy atom. The minimum Gasteiger partial charge on any atom is -0.356 e. The highest BCUT2D eigenvalue weighted by molar-refractivity contribution is 5.81. The lowest BCUT2D eigenvalue weighted by Gasteiger charge is -2.23. The van der Waals surface area contributed by atoms with Gasteiger partial charge in [-0.2, -0.15) is 5.10 Å². The van der Waals surface area contributed by atoms with E-state index in [1.807, 2.05) is 30.1 Å². The summed E-state index contributed by atoms with van der Waals surface area (Å²) in [6, 6.07) is 2.02. The van der Waals surface area contributed by atoms with Crippen LogP contribution < -0.4 is 0 Å². The molecule has 0 N–H and O–H groups in total. The molecule has 4 rings (SSSR count). The molecule has 0 amide bonds. The summed E-state index contributed by atoms with van der Waals surface area (Å²) in [5, 5.41) is 5.50. The highest BCUT2D eigenvalue weighted by Crippen LogP contribution is 2.27. The van der Waals surface area contributed by atoms with Crippen LogP contribution in [0.4, 0.5) is 0 Å². The summed E-state index contributed by atoms with van der Waals surface area (Å²) in [5.41, 5.74) is 3.49. The predicted octanol–water partition coefficient (Wildman–Crippen LogP) is 2.90. The van der Waals surface area contributed by atoms with Crippen LogP contribution in [0, 0.1) is 6.92 Å². The molecule has 0 spiro atoms. The van der Waals surface area contributed by atoms with E-state index in [-0.39, 0.29) is 6.23 Å². The summed E-state index contributed by atoms with van der Waals surface area (Å²) in [7, 11) is 0. The van der Waals surface area contributed by atoms with Crippen LogP contribution in [0.2, 0.25) is 0 Å². The first-order valence-corrected chi connectivity index (χ1v) is 7.55. The van der Waals surface area contributed by atoms with Gasteiger partial charge in [-0.3, -0.25) is 9.97 Å². The first kappa shape index (κ1) is 13.3.